The van der Waals surface area contributed by atoms with Crippen molar-refractivity contribution >= 4 is 5.69 Å². The Labute approximate surface area is 105 Å². The molecule has 3 rings (SSSR count). The molecule has 6 nitrogen and oxygen atoms in total. The second-order valence-corrected chi connectivity index (χ2v) is 4.38. The first kappa shape index (κ1) is 11.0. The van der Waals surface area contributed by atoms with Crippen LogP contribution in [0.3, 0.4) is 0 Å². The Morgan fingerprint density at radius 2 is 2.00 bits per heavy atom. The standard InChI is InChI=1S/C12H15N5O/c18-11-10(16-6-2-1-3-7-16)9-13-12(15-11)17-8-4-5-14-17/h4-5,8-9H,1-3,6-7H2,(H,13,15,18). The molecular weight excluding hydrogens is 230 g/mol. The third kappa shape index (κ3) is 2.01. The van der Waals surface area contributed by atoms with E-state index in [-0.39, 0.29) is 5.88 Å². The summed E-state index contributed by atoms with van der Waals surface area (Å²) in [4.78, 5) is 10.5. The lowest BCUT2D eigenvalue weighted by atomic mass is 10.1. The van der Waals surface area contributed by atoms with Crippen LogP contribution in [0.15, 0.2) is 24.7 Å². The largest absolute Gasteiger partial charge is 0.492 e. The van der Waals surface area contributed by atoms with Crippen LogP contribution in [0.5, 0.6) is 5.88 Å². The van der Waals surface area contributed by atoms with Crippen LogP contribution in [-0.4, -0.2) is 37.9 Å². The zero-order chi connectivity index (χ0) is 12.4. The number of aromatic hydroxyl groups is 1. The number of piperidine rings is 1. The summed E-state index contributed by atoms with van der Waals surface area (Å²) in [7, 11) is 0. The lowest BCUT2D eigenvalue weighted by Crippen LogP contribution is -2.29. The van der Waals surface area contributed by atoms with Gasteiger partial charge in [-0.1, -0.05) is 0 Å². The molecule has 0 bridgehead atoms. The minimum Gasteiger partial charge on any atom is -0.492 e. The van der Waals surface area contributed by atoms with Crippen molar-refractivity contribution in [2.75, 3.05) is 18.0 Å². The van der Waals surface area contributed by atoms with Gasteiger partial charge in [0.15, 0.2) is 0 Å². The van der Waals surface area contributed by atoms with Crippen molar-refractivity contribution in [2.45, 2.75) is 19.3 Å². The topological polar surface area (TPSA) is 67.1 Å². The summed E-state index contributed by atoms with van der Waals surface area (Å²) in [5.41, 5.74) is 0.714. The SMILES string of the molecule is Oc1nc(-n2cccn2)ncc1N1CCCCC1. The van der Waals surface area contributed by atoms with Gasteiger partial charge >= 0.3 is 0 Å². The van der Waals surface area contributed by atoms with Crippen LogP contribution < -0.4 is 4.90 Å². The molecule has 1 aliphatic rings. The summed E-state index contributed by atoms with van der Waals surface area (Å²) in [5, 5.41) is 14.0. The van der Waals surface area contributed by atoms with Crippen LogP contribution in [0.25, 0.3) is 5.95 Å². The van der Waals surface area contributed by atoms with Crippen molar-refractivity contribution in [1.82, 2.24) is 19.7 Å². The molecule has 18 heavy (non-hydrogen) atoms. The molecule has 0 atom stereocenters. The van der Waals surface area contributed by atoms with Crippen molar-refractivity contribution < 1.29 is 5.11 Å². The van der Waals surface area contributed by atoms with Gasteiger partial charge in [-0.3, -0.25) is 0 Å². The fraction of sp³-hybridized carbons (Fsp3) is 0.417. The van der Waals surface area contributed by atoms with Crippen molar-refractivity contribution in [3.8, 4) is 11.8 Å². The molecule has 0 aliphatic carbocycles. The van der Waals surface area contributed by atoms with Crippen molar-refractivity contribution in [1.29, 1.82) is 0 Å². The third-order valence-electron chi connectivity index (χ3n) is 3.14. The molecular formula is C12H15N5O. The smallest absolute Gasteiger partial charge is 0.253 e. The van der Waals surface area contributed by atoms with E-state index in [1.807, 2.05) is 0 Å². The van der Waals surface area contributed by atoms with Gasteiger partial charge in [0.2, 0.25) is 5.88 Å². The lowest BCUT2D eigenvalue weighted by Gasteiger charge is -2.28. The van der Waals surface area contributed by atoms with Crippen molar-refractivity contribution in [3.63, 3.8) is 0 Å². The number of hydrogen-bond acceptors (Lipinski definition) is 5. The van der Waals surface area contributed by atoms with E-state index in [4.69, 9.17) is 0 Å². The van der Waals surface area contributed by atoms with Gasteiger partial charge < -0.3 is 10.0 Å². The second kappa shape index (κ2) is 4.64. The molecule has 1 fully saturated rings. The number of aromatic nitrogens is 4. The quantitative estimate of drug-likeness (QED) is 0.865. The van der Waals surface area contributed by atoms with Crippen molar-refractivity contribution in [3.05, 3.63) is 24.7 Å². The summed E-state index contributed by atoms with van der Waals surface area (Å²) in [5.74, 6) is 0.413. The molecule has 0 unspecified atom stereocenters. The first-order valence-electron chi connectivity index (χ1n) is 6.15. The molecule has 3 heterocycles. The molecule has 0 saturated carbocycles. The highest BCUT2D eigenvalue weighted by Gasteiger charge is 2.16. The van der Waals surface area contributed by atoms with Crippen LogP contribution in [0.2, 0.25) is 0 Å². The van der Waals surface area contributed by atoms with E-state index >= 15 is 0 Å². The number of rotatable bonds is 2. The lowest BCUT2D eigenvalue weighted by molar-refractivity contribution is 0.445. The average Bonchev–Trinajstić information content (AvgIpc) is 2.93. The van der Waals surface area contributed by atoms with Crippen LogP contribution in [0.4, 0.5) is 5.69 Å². The van der Waals surface area contributed by atoms with Gasteiger partial charge in [0.25, 0.3) is 5.95 Å². The van der Waals surface area contributed by atoms with Crippen molar-refractivity contribution in [2.24, 2.45) is 0 Å². The van der Waals surface area contributed by atoms with E-state index in [2.05, 4.69) is 20.0 Å². The normalized spacial score (nSPS) is 15.9. The van der Waals surface area contributed by atoms with E-state index in [9.17, 15) is 5.11 Å². The summed E-state index contributed by atoms with van der Waals surface area (Å²) in [6, 6.07) is 1.79. The molecule has 0 radical (unpaired) electrons. The Balaban J connectivity index is 1.89. The summed E-state index contributed by atoms with van der Waals surface area (Å²) >= 11 is 0. The minimum absolute atomic E-state index is 0.0254. The predicted molar refractivity (Wildman–Crippen MR) is 66.9 cm³/mol. The highest BCUT2D eigenvalue weighted by Crippen LogP contribution is 2.27. The van der Waals surface area contributed by atoms with Gasteiger partial charge in [-0.2, -0.15) is 10.1 Å². The third-order valence-corrected chi connectivity index (χ3v) is 3.14. The van der Waals surface area contributed by atoms with Gasteiger partial charge in [0.1, 0.15) is 5.69 Å². The molecule has 0 aromatic carbocycles. The van der Waals surface area contributed by atoms with E-state index in [1.165, 1.54) is 11.1 Å². The maximum atomic E-state index is 10.0. The zero-order valence-electron chi connectivity index (χ0n) is 10.0. The number of hydrogen-bond donors (Lipinski definition) is 1. The molecule has 0 spiro atoms. The summed E-state index contributed by atoms with van der Waals surface area (Å²) < 4.78 is 1.53. The maximum absolute atomic E-state index is 10.0. The van der Waals surface area contributed by atoms with Crippen LogP contribution in [0.1, 0.15) is 19.3 Å². The summed E-state index contributed by atoms with van der Waals surface area (Å²) in [6.07, 6.45) is 8.63. The molecule has 2 aromatic heterocycles. The van der Waals surface area contributed by atoms with E-state index < -0.39 is 0 Å². The Hall–Kier alpha value is -2.11. The Bertz CT molecular complexity index is 519. The molecule has 6 heteroatoms. The highest BCUT2D eigenvalue weighted by molar-refractivity contribution is 5.53. The average molecular weight is 245 g/mol. The molecule has 94 valence electrons. The molecule has 1 N–H and O–H groups in total. The van der Waals surface area contributed by atoms with E-state index in [1.54, 1.807) is 24.7 Å². The monoisotopic (exact) mass is 245 g/mol. The zero-order valence-corrected chi connectivity index (χ0v) is 10.0. The van der Waals surface area contributed by atoms with Gasteiger partial charge in [-0.25, -0.2) is 9.67 Å². The molecule has 0 amide bonds. The second-order valence-electron chi connectivity index (χ2n) is 4.38. The fourth-order valence-corrected chi connectivity index (χ4v) is 2.21. The first-order chi connectivity index (χ1) is 8.84. The molecule has 2 aromatic rings. The predicted octanol–water partition coefficient (Wildman–Crippen LogP) is 1.36. The van der Waals surface area contributed by atoms with Gasteiger partial charge in [-0.05, 0) is 25.3 Å². The van der Waals surface area contributed by atoms with Gasteiger partial charge in [0.05, 0.1) is 6.20 Å². The van der Waals surface area contributed by atoms with Crippen LogP contribution in [-0.2, 0) is 0 Å². The van der Waals surface area contributed by atoms with Crippen LogP contribution >= 0.6 is 0 Å². The molecule has 1 saturated heterocycles. The van der Waals surface area contributed by atoms with Gasteiger partial charge in [0, 0.05) is 25.5 Å². The highest BCUT2D eigenvalue weighted by atomic mass is 16.3. The molecule has 1 aliphatic heterocycles. The first-order valence-corrected chi connectivity index (χ1v) is 6.15. The Kier molecular flexibility index (Phi) is 2.84. The summed E-state index contributed by atoms with van der Waals surface area (Å²) in [6.45, 7) is 1.91. The maximum Gasteiger partial charge on any atom is 0.253 e. The Morgan fingerprint density at radius 1 is 1.17 bits per heavy atom. The van der Waals surface area contributed by atoms with Gasteiger partial charge in [-0.15, -0.1) is 0 Å². The Morgan fingerprint density at radius 3 is 2.67 bits per heavy atom. The fourth-order valence-electron chi connectivity index (χ4n) is 2.21. The minimum atomic E-state index is 0.0254. The number of nitrogens with zero attached hydrogens (tertiary/aromatic N) is 5. The number of anilines is 1. The van der Waals surface area contributed by atoms with E-state index in [0.29, 0.717) is 11.6 Å². The van der Waals surface area contributed by atoms with Crippen LogP contribution in [0, 0.1) is 0 Å². The van der Waals surface area contributed by atoms with E-state index in [0.717, 1.165) is 25.9 Å².